The predicted molar refractivity (Wildman–Crippen MR) is 69.3 cm³/mol. The molecule has 1 aliphatic heterocycles. The number of aliphatic hydroxyl groups is 3. The van der Waals surface area contributed by atoms with E-state index in [1.165, 1.54) is 18.1 Å². The summed E-state index contributed by atoms with van der Waals surface area (Å²) in [4.78, 5) is 15.2. The fourth-order valence-electron chi connectivity index (χ4n) is 2.11. The van der Waals surface area contributed by atoms with E-state index in [4.69, 9.17) is 10.8 Å². The molecule has 0 bridgehead atoms. The standard InChI is InChI=1S/C10H13N5O3S/c11-8-4-9(13-2-12-4)15-10(14-8)7-6(18)5(17)3(1-16)19-7/h2-3,5-7,16-18H,1H2,(H3,11,12,13,14,15)/t3-,5-,6+,7-/m0/s1. The van der Waals surface area contributed by atoms with Crippen LogP contribution in [0.25, 0.3) is 11.2 Å². The van der Waals surface area contributed by atoms with Crippen molar-refractivity contribution in [2.24, 2.45) is 0 Å². The van der Waals surface area contributed by atoms with Gasteiger partial charge in [0.1, 0.15) is 17.4 Å². The predicted octanol–water partition coefficient (Wildman–Crippen LogP) is -1.19. The van der Waals surface area contributed by atoms with E-state index >= 15 is 0 Å². The highest BCUT2D eigenvalue weighted by atomic mass is 32.2. The van der Waals surface area contributed by atoms with Gasteiger partial charge in [0.25, 0.3) is 0 Å². The van der Waals surface area contributed by atoms with Crippen LogP contribution in [0.2, 0.25) is 0 Å². The summed E-state index contributed by atoms with van der Waals surface area (Å²) in [5.74, 6) is 0.553. The number of imidazole rings is 1. The maximum atomic E-state index is 10.00. The van der Waals surface area contributed by atoms with Gasteiger partial charge < -0.3 is 26.0 Å². The average Bonchev–Trinajstić information content (AvgIpc) is 2.96. The number of hydrogen-bond acceptors (Lipinski definition) is 8. The highest BCUT2D eigenvalue weighted by Gasteiger charge is 2.44. The zero-order valence-electron chi connectivity index (χ0n) is 9.76. The van der Waals surface area contributed by atoms with Gasteiger partial charge in [-0.25, -0.2) is 15.0 Å². The smallest absolute Gasteiger partial charge is 0.183 e. The number of H-pyrrole nitrogens is 1. The van der Waals surface area contributed by atoms with Crippen LogP contribution in [0.5, 0.6) is 0 Å². The number of aromatic nitrogens is 4. The van der Waals surface area contributed by atoms with Gasteiger partial charge in [0.2, 0.25) is 0 Å². The quantitative estimate of drug-likeness (QED) is 0.463. The third kappa shape index (κ3) is 1.94. The van der Waals surface area contributed by atoms with Crippen LogP contribution in [0.4, 0.5) is 5.82 Å². The second-order valence-corrected chi connectivity index (χ2v) is 5.71. The Kier molecular flexibility index (Phi) is 3.05. The Hall–Kier alpha value is -1.42. The third-order valence-electron chi connectivity index (χ3n) is 3.13. The number of thioether (sulfide) groups is 1. The molecule has 6 N–H and O–H groups in total. The van der Waals surface area contributed by atoms with Crippen molar-refractivity contribution in [3.8, 4) is 0 Å². The van der Waals surface area contributed by atoms with E-state index in [9.17, 15) is 10.2 Å². The van der Waals surface area contributed by atoms with Gasteiger partial charge >= 0.3 is 0 Å². The highest BCUT2D eigenvalue weighted by molar-refractivity contribution is 8.00. The number of aromatic amines is 1. The van der Waals surface area contributed by atoms with Crippen molar-refractivity contribution in [1.82, 2.24) is 19.9 Å². The van der Waals surface area contributed by atoms with E-state index in [0.29, 0.717) is 17.0 Å². The largest absolute Gasteiger partial charge is 0.395 e. The number of nitrogen functional groups attached to an aromatic ring is 1. The molecule has 102 valence electrons. The lowest BCUT2D eigenvalue weighted by Gasteiger charge is -2.14. The number of fused-ring (bicyclic) bond motifs is 1. The minimum atomic E-state index is -1.04. The average molecular weight is 283 g/mol. The van der Waals surface area contributed by atoms with Gasteiger partial charge in [-0.15, -0.1) is 11.8 Å². The molecular weight excluding hydrogens is 270 g/mol. The summed E-state index contributed by atoms with van der Waals surface area (Å²) in [7, 11) is 0. The topological polar surface area (TPSA) is 141 Å². The third-order valence-corrected chi connectivity index (χ3v) is 4.69. The van der Waals surface area contributed by atoms with Gasteiger partial charge in [0.05, 0.1) is 29.5 Å². The fraction of sp³-hybridized carbons (Fsp3) is 0.500. The van der Waals surface area contributed by atoms with Crippen LogP contribution in [0.3, 0.4) is 0 Å². The molecule has 0 amide bonds. The van der Waals surface area contributed by atoms with E-state index in [1.54, 1.807) is 0 Å². The normalized spacial score (nSPS) is 31.1. The molecule has 1 fully saturated rings. The lowest BCUT2D eigenvalue weighted by atomic mass is 10.1. The van der Waals surface area contributed by atoms with Gasteiger partial charge in [0.15, 0.2) is 11.5 Å². The molecule has 1 saturated heterocycles. The summed E-state index contributed by atoms with van der Waals surface area (Å²) in [6.07, 6.45) is -0.596. The zero-order valence-corrected chi connectivity index (χ0v) is 10.6. The van der Waals surface area contributed by atoms with Gasteiger partial charge in [0, 0.05) is 0 Å². The number of anilines is 1. The first kappa shape index (κ1) is 12.6. The monoisotopic (exact) mass is 283 g/mol. The molecule has 2 aromatic rings. The summed E-state index contributed by atoms with van der Waals surface area (Å²) in [6, 6.07) is 0. The number of aliphatic hydroxyl groups excluding tert-OH is 3. The lowest BCUT2D eigenvalue weighted by Crippen LogP contribution is -2.32. The van der Waals surface area contributed by atoms with Crippen LogP contribution in [0.1, 0.15) is 11.1 Å². The Morgan fingerprint density at radius 3 is 2.79 bits per heavy atom. The van der Waals surface area contributed by atoms with Crippen molar-refractivity contribution in [2.45, 2.75) is 22.7 Å². The van der Waals surface area contributed by atoms with Crippen molar-refractivity contribution in [2.75, 3.05) is 12.3 Å². The Labute approximate surface area is 112 Å². The molecule has 19 heavy (non-hydrogen) atoms. The maximum Gasteiger partial charge on any atom is 0.183 e. The summed E-state index contributed by atoms with van der Waals surface area (Å²) in [5, 5.41) is 27.9. The van der Waals surface area contributed by atoms with E-state index in [0.717, 1.165) is 0 Å². The van der Waals surface area contributed by atoms with E-state index in [1.807, 2.05) is 0 Å². The van der Waals surface area contributed by atoms with E-state index in [-0.39, 0.29) is 12.4 Å². The second kappa shape index (κ2) is 4.60. The van der Waals surface area contributed by atoms with Crippen molar-refractivity contribution in [3.05, 3.63) is 12.2 Å². The number of nitrogens with zero attached hydrogens (tertiary/aromatic N) is 3. The Morgan fingerprint density at radius 2 is 2.11 bits per heavy atom. The van der Waals surface area contributed by atoms with Crippen molar-refractivity contribution < 1.29 is 15.3 Å². The van der Waals surface area contributed by atoms with Gasteiger partial charge in [-0.05, 0) is 0 Å². The van der Waals surface area contributed by atoms with Crippen molar-refractivity contribution in [3.63, 3.8) is 0 Å². The number of nitrogens with two attached hydrogens (primary N) is 1. The fourth-order valence-corrected chi connectivity index (χ4v) is 3.45. The molecule has 1 aliphatic rings. The Morgan fingerprint density at radius 1 is 1.32 bits per heavy atom. The van der Waals surface area contributed by atoms with Gasteiger partial charge in [-0.1, -0.05) is 0 Å². The minimum Gasteiger partial charge on any atom is -0.395 e. The number of nitrogens with one attached hydrogen (secondary N) is 1. The molecule has 2 aromatic heterocycles. The van der Waals surface area contributed by atoms with Crippen LogP contribution in [-0.4, -0.2) is 59.3 Å². The van der Waals surface area contributed by atoms with Crippen LogP contribution >= 0.6 is 11.8 Å². The molecule has 0 unspecified atom stereocenters. The molecule has 9 heteroatoms. The molecule has 3 heterocycles. The summed E-state index contributed by atoms with van der Waals surface area (Å²) >= 11 is 1.23. The lowest BCUT2D eigenvalue weighted by molar-refractivity contribution is 0.0189. The maximum absolute atomic E-state index is 10.00. The SMILES string of the molecule is Nc1nc([C@H]2S[C@@H](CO)[C@H](O)[C@H]2O)nc2nc[nH]c12. The minimum absolute atomic E-state index is 0.223. The number of hydrogen-bond donors (Lipinski definition) is 5. The van der Waals surface area contributed by atoms with Crippen LogP contribution in [0, 0.1) is 0 Å². The zero-order chi connectivity index (χ0) is 13.6. The first-order valence-electron chi connectivity index (χ1n) is 5.70. The van der Waals surface area contributed by atoms with Crippen LogP contribution < -0.4 is 5.73 Å². The van der Waals surface area contributed by atoms with Crippen molar-refractivity contribution in [1.29, 1.82) is 0 Å². The summed E-state index contributed by atoms with van der Waals surface area (Å²) in [6.45, 7) is -0.223. The Balaban J connectivity index is 2.00. The van der Waals surface area contributed by atoms with E-state index in [2.05, 4.69) is 19.9 Å². The van der Waals surface area contributed by atoms with Gasteiger partial charge in [-0.3, -0.25) is 0 Å². The van der Waals surface area contributed by atoms with Crippen molar-refractivity contribution >= 4 is 28.7 Å². The molecule has 4 atom stereocenters. The van der Waals surface area contributed by atoms with Crippen LogP contribution in [0.15, 0.2) is 6.33 Å². The highest BCUT2D eigenvalue weighted by Crippen LogP contribution is 2.44. The summed E-state index contributed by atoms with van der Waals surface area (Å²) in [5.41, 5.74) is 6.75. The first-order valence-corrected chi connectivity index (χ1v) is 6.65. The molecule has 0 aromatic carbocycles. The Bertz CT molecular complexity index is 606. The number of rotatable bonds is 2. The van der Waals surface area contributed by atoms with Crippen LogP contribution in [-0.2, 0) is 0 Å². The van der Waals surface area contributed by atoms with Gasteiger partial charge in [-0.2, -0.15) is 0 Å². The molecule has 3 rings (SSSR count). The first-order chi connectivity index (χ1) is 9.11. The van der Waals surface area contributed by atoms with E-state index < -0.39 is 22.7 Å². The molecule has 0 radical (unpaired) electrons. The molecule has 0 aliphatic carbocycles. The molecule has 8 nitrogen and oxygen atoms in total. The molecular formula is C10H13N5O3S. The molecule has 0 saturated carbocycles. The summed E-state index contributed by atoms with van der Waals surface area (Å²) < 4.78 is 0. The second-order valence-electron chi connectivity index (χ2n) is 4.33. The molecule has 0 spiro atoms.